The van der Waals surface area contributed by atoms with Crippen LogP contribution in [0.4, 0.5) is 0 Å². The summed E-state index contributed by atoms with van der Waals surface area (Å²) in [7, 11) is 1.68. The van der Waals surface area contributed by atoms with Crippen LogP contribution in [0.2, 0.25) is 0 Å². The van der Waals surface area contributed by atoms with Crippen LogP contribution < -0.4 is 4.74 Å². The van der Waals surface area contributed by atoms with Crippen LogP contribution in [0.5, 0.6) is 5.75 Å². The van der Waals surface area contributed by atoms with Gasteiger partial charge in [-0.15, -0.1) is 0 Å². The monoisotopic (exact) mass is 633 g/mol. The maximum Gasteiger partial charge on any atom is 0.230 e. The maximum absolute atomic E-state index is 14.2. The molecule has 1 amide bonds. The lowest BCUT2D eigenvalue weighted by atomic mass is 9.93. The summed E-state index contributed by atoms with van der Waals surface area (Å²) in [5.41, 5.74) is 4.33. The standard InChI is InChI=1S/C32H32IN3O3/c1-38-24-13-10-21(11-14-24)20-35-28(22-7-3-2-4-8-22)19-32(31(35)37)18-26(32)23-12-15-25-27(17-23)36(34-30(25)33)29-9-5-6-16-39-29/h2-4,7-8,10-15,17,26,28-29H,5-6,9,16,18-20H2,1H3. The number of carbonyl (C=O) groups excluding carboxylic acids is 1. The molecule has 200 valence electrons. The van der Waals surface area contributed by atoms with E-state index in [0.29, 0.717) is 6.54 Å². The number of fused-ring (bicyclic) bond motifs is 1. The molecule has 0 N–H and O–H groups in total. The van der Waals surface area contributed by atoms with Gasteiger partial charge in [0.05, 0.1) is 24.1 Å². The Bertz CT molecular complexity index is 1510. The van der Waals surface area contributed by atoms with Crippen LogP contribution in [-0.4, -0.2) is 34.3 Å². The SMILES string of the molecule is COc1ccc(CN2C(=O)C3(CC2c2ccccc2)CC3c2ccc3c(I)nn(C4CCCCO4)c3c2)cc1. The first kappa shape index (κ1) is 25.1. The summed E-state index contributed by atoms with van der Waals surface area (Å²) in [6, 6.07) is 25.3. The third kappa shape index (κ3) is 4.34. The van der Waals surface area contributed by atoms with Crippen molar-refractivity contribution in [1.82, 2.24) is 14.7 Å². The average molecular weight is 634 g/mol. The summed E-state index contributed by atoms with van der Waals surface area (Å²) in [5.74, 6) is 1.32. The van der Waals surface area contributed by atoms with E-state index in [2.05, 4.69) is 86.8 Å². The van der Waals surface area contributed by atoms with Gasteiger partial charge in [-0.3, -0.25) is 4.79 Å². The van der Waals surface area contributed by atoms with E-state index in [1.165, 1.54) is 11.1 Å². The minimum absolute atomic E-state index is 0.0104. The molecular formula is C32H32IN3O3. The molecule has 1 aliphatic carbocycles. The van der Waals surface area contributed by atoms with Crippen molar-refractivity contribution in [1.29, 1.82) is 0 Å². The van der Waals surface area contributed by atoms with E-state index >= 15 is 0 Å². The first-order valence-corrected chi connectivity index (χ1v) is 14.9. The fourth-order valence-corrected chi connectivity index (χ4v) is 7.41. The van der Waals surface area contributed by atoms with Crippen molar-refractivity contribution in [3.63, 3.8) is 0 Å². The van der Waals surface area contributed by atoms with E-state index in [1.54, 1.807) is 7.11 Å². The molecule has 3 heterocycles. The van der Waals surface area contributed by atoms with E-state index in [-0.39, 0.29) is 29.5 Å². The molecule has 7 heteroatoms. The Morgan fingerprint density at radius 1 is 1.03 bits per heavy atom. The van der Waals surface area contributed by atoms with E-state index in [0.717, 1.165) is 64.6 Å². The van der Waals surface area contributed by atoms with Crippen molar-refractivity contribution in [2.24, 2.45) is 5.41 Å². The quantitative estimate of drug-likeness (QED) is 0.215. The van der Waals surface area contributed by atoms with Crippen molar-refractivity contribution in [2.45, 2.75) is 56.8 Å². The maximum atomic E-state index is 14.2. The summed E-state index contributed by atoms with van der Waals surface area (Å²) in [6.45, 7) is 1.38. The topological polar surface area (TPSA) is 56.6 Å². The number of hydrogen-bond donors (Lipinski definition) is 0. The molecule has 0 radical (unpaired) electrons. The van der Waals surface area contributed by atoms with Crippen molar-refractivity contribution in [3.05, 3.63) is 93.2 Å². The molecule has 1 aromatic heterocycles. The van der Waals surface area contributed by atoms with Gasteiger partial charge in [0.15, 0.2) is 6.23 Å². The molecule has 39 heavy (non-hydrogen) atoms. The highest BCUT2D eigenvalue weighted by atomic mass is 127. The molecule has 1 spiro atoms. The highest BCUT2D eigenvalue weighted by molar-refractivity contribution is 14.1. The Kier molecular flexibility index (Phi) is 6.39. The Morgan fingerprint density at radius 3 is 2.59 bits per heavy atom. The van der Waals surface area contributed by atoms with Crippen LogP contribution in [0, 0.1) is 9.12 Å². The lowest BCUT2D eigenvalue weighted by molar-refractivity contribution is -0.133. The van der Waals surface area contributed by atoms with Crippen LogP contribution in [0.3, 0.4) is 0 Å². The molecule has 3 aromatic carbocycles. The van der Waals surface area contributed by atoms with E-state index in [1.807, 2.05) is 18.2 Å². The number of hydrogen-bond acceptors (Lipinski definition) is 4. The van der Waals surface area contributed by atoms with Gasteiger partial charge < -0.3 is 14.4 Å². The smallest absolute Gasteiger partial charge is 0.230 e. The first-order chi connectivity index (χ1) is 19.1. The molecule has 1 saturated carbocycles. The highest BCUT2D eigenvalue weighted by Crippen LogP contribution is 2.68. The van der Waals surface area contributed by atoms with Gasteiger partial charge in [0.2, 0.25) is 5.91 Å². The molecule has 4 unspecified atom stereocenters. The number of carbonyl (C=O) groups is 1. The van der Waals surface area contributed by atoms with Crippen LogP contribution in [-0.2, 0) is 16.1 Å². The number of benzene rings is 3. The van der Waals surface area contributed by atoms with Gasteiger partial charge in [-0.25, -0.2) is 4.68 Å². The second-order valence-electron chi connectivity index (χ2n) is 11.2. The second-order valence-corrected chi connectivity index (χ2v) is 12.2. The Hall–Kier alpha value is -2.91. The summed E-state index contributed by atoms with van der Waals surface area (Å²) in [5, 5.41) is 6.01. The van der Waals surface area contributed by atoms with Gasteiger partial charge in [0.25, 0.3) is 0 Å². The lowest BCUT2D eigenvalue weighted by Crippen LogP contribution is -2.30. The zero-order valence-electron chi connectivity index (χ0n) is 22.1. The fourth-order valence-electron chi connectivity index (χ4n) is 6.72. The van der Waals surface area contributed by atoms with Crippen molar-refractivity contribution in [2.75, 3.05) is 13.7 Å². The summed E-state index contributed by atoms with van der Waals surface area (Å²) >= 11 is 2.33. The minimum Gasteiger partial charge on any atom is -0.497 e. The summed E-state index contributed by atoms with van der Waals surface area (Å²) in [4.78, 5) is 16.3. The van der Waals surface area contributed by atoms with Crippen molar-refractivity contribution in [3.8, 4) is 5.75 Å². The van der Waals surface area contributed by atoms with Crippen LogP contribution in [0.15, 0.2) is 72.8 Å². The molecular weight excluding hydrogens is 601 g/mol. The molecule has 4 atom stereocenters. The Balaban J connectivity index is 1.21. The van der Waals surface area contributed by atoms with Gasteiger partial charge in [0.1, 0.15) is 9.45 Å². The van der Waals surface area contributed by atoms with Crippen LogP contribution >= 0.6 is 22.6 Å². The fraction of sp³-hybridized carbons (Fsp3) is 0.375. The number of methoxy groups -OCH3 is 1. The van der Waals surface area contributed by atoms with Crippen LogP contribution in [0.25, 0.3) is 10.9 Å². The molecule has 3 fully saturated rings. The number of amides is 1. The molecule has 0 bridgehead atoms. The number of halogens is 1. The third-order valence-corrected chi connectivity index (χ3v) is 9.71. The highest BCUT2D eigenvalue weighted by Gasteiger charge is 2.66. The number of aromatic nitrogens is 2. The predicted molar refractivity (Wildman–Crippen MR) is 158 cm³/mol. The largest absolute Gasteiger partial charge is 0.497 e. The van der Waals surface area contributed by atoms with Crippen LogP contribution in [0.1, 0.15) is 67.0 Å². The van der Waals surface area contributed by atoms with Gasteiger partial charge in [0, 0.05) is 18.5 Å². The van der Waals surface area contributed by atoms with Crippen molar-refractivity contribution < 1.29 is 14.3 Å². The zero-order valence-corrected chi connectivity index (χ0v) is 24.2. The molecule has 4 aromatic rings. The molecule has 2 saturated heterocycles. The number of nitrogens with zero attached hydrogens (tertiary/aromatic N) is 3. The average Bonchev–Trinajstić information content (AvgIpc) is 3.55. The van der Waals surface area contributed by atoms with Gasteiger partial charge in [-0.2, -0.15) is 5.10 Å². The van der Waals surface area contributed by atoms with E-state index in [4.69, 9.17) is 14.6 Å². The first-order valence-electron chi connectivity index (χ1n) is 13.9. The van der Waals surface area contributed by atoms with E-state index < -0.39 is 0 Å². The molecule has 3 aliphatic rings. The predicted octanol–water partition coefficient (Wildman–Crippen LogP) is 7.00. The Morgan fingerprint density at radius 2 is 1.85 bits per heavy atom. The lowest BCUT2D eigenvalue weighted by Gasteiger charge is -2.25. The number of ether oxygens (including phenoxy) is 2. The minimum atomic E-state index is -0.347. The van der Waals surface area contributed by atoms with Gasteiger partial charge in [-0.05, 0) is 102 Å². The summed E-state index contributed by atoms with van der Waals surface area (Å²) < 4.78 is 14.5. The van der Waals surface area contributed by atoms with E-state index in [9.17, 15) is 4.79 Å². The molecule has 2 aliphatic heterocycles. The van der Waals surface area contributed by atoms with Crippen molar-refractivity contribution >= 4 is 39.4 Å². The summed E-state index contributed by atoms with van der Waals surface area (Å²) in [6.07, 6.45) is 4.99. The number of rotatable bonds is 6. The van der Waals surface area contributed by atoms with Gasteiger partial charge in [-0.1, -0.05) is 48.5 Å². The Labute approximate surface area is 242 Å². The number of likely N-dealkylation sites (tertiary alicyclic amines) is 1. The third-order valence-electron chi connectivity index (χ3n) is 8.91. The van der Waals surface area contributed by atoms with Gasteiger partial charge >= 0.3 is 0 Å². The molecule has 6 nitrogen and oxygen atoms in total. The normalized spacial score (nSPS) is 26.5. The zero-order chi connectivity index (χ0) is 26.6. The second kappa shape index (κ2) is 9.93. The molecule has 7 rings (SSSR count).